The highest BCUT2D eigenvalue weighted by molar-refractivity contribution is 9.10. The van der Waals surface area contributed by atoms with Crippen molar-refractivity contribution in [1.82, 2.24) is 0 Å². The fraction of sp³-hybridized carbons (Fsp3) is 0.154. The number of nitro benzene ring substituents is 1. The molecule has 1 aromatic carbocycles. The van der Waals surface area contributed by atoms with E-state index in [0.29, 0.717) is 20.6 Å². The summed E-state index contributed by atoms with van der Waals surface area (Å²) in [5.41, 5.74) is 1.81. The van der Waals surface area contributed by atoms with Gasteiger partial charge < -0.3 is 5.32 Å². The Hall–Kier alpha value is -1.73. The van der Waals surface area contributed by atoms with E-state index in [0.717, 1.165) is 5.56 Å². The molecule has 0 atom stereocenters. The van der Waals surface area contributed by atoms with Crippen LogP contribution in [0.4, 0.5) is 11.4 Å². The van der Waals surface area contributed by atoms with Crippen molar-refractivity contribution in [3.63, 3.8) is 0 Å². The SMILES string of the molecule is Cc1cc(C)c([N+](=O)[O-])cc1NC(=O)c1sccc1Br. The van der Waals surface area contributed by atoms with Crippen LogP contribution in [0.1, 0.15) is 20.8 Å². The summed E-state index contributed by atoms with van der Waals surface area (Å²) in [5, 5.41) is 15.4. The summed E-state index contributed by atoms with van der Waals surface area (Å²) in [6.45, 7) is 3.47. The van der Waals surface area contributed by atoms with Crippen LogP contribution in [0, 0.1) is 24.0 Å². The van der Waals surface area contributed by atoms with Crippen molar-refractivity contribution in [2.75, 3.05) is 5.32 Å². The highest BCUT2D eigenvalue weighted by Crippen LogP contribution is 2.28. The summed E-state index contributed by atoms with van der Waals surface area (Å²) in [6.07, 6.45) is 0. The third-order valence-electron chi connectivity index (χ3n) is 2.81. The fourth-order valence-corrected chi connectivity index (χ4v) is 3.25. The van der Waals surface area contributed by atoms with Gasteiger partial charge in [-0.05, 0) is 52.9 Å². The number of benzene rings is 1. The largest absolute Gasteiger partial charge is 0.321 e. The first-order chi connectivity index (χ1) is 9.40. The monoisotopic (exact) mass is 354 g/mol. The molecular formula is C13H11BrN2O3S. The molecule has 0 aliphatic rings. The van der Waals surface area contributed by atoms with E-state index in [1.807, 2.05) is 0 Å². The lowest BCUT2D eigenvalue weighted by Crippen LogP contribution is -2.12. The first kappa shape index (κ1) is 14.7. The van der Waals surface area contributed by atoms with Gasteiger partial charge in [-0.3, -0.25) is 14.9 Å². The molecule has 7 heteroatoms. The number of amides is 1. The van der Waals surface area contributed by atoms with E-state index in [1.54, 1.807) is 31.4 Å². The lowest BCUT2D eigenvalue weighted by Gasteiger charge is -2.09. The Morgan fingerprint density at radius 3 is 2.60 bits per heavy atom. The summed E-state index contributed by atoms with van der Waals surface area (Å²) < 4.78 is 0.708. The van der Waals surface area contributed by atoms with Gasteiger partial charge in [0.1, 0.15) is 4.88 Å². The topological polar surface area (TPSA) is 72.2 Å². The highest BCUT2D eigenvalue weighted by Gasteiger charge is 2.17. The predicted molar refractivity (Wildman–Crippen MR) is 82.5 cm³/mol. The van der Waals surface area contributed by atoms with E-state index in [-0.39, 0.29) is 11.6 Å². The van der Waals surface area contributed by atoms with Crippen LogP contribution in [-0.4, -0.2) is 10.8 Å². The number of halogens is 1. The number of carbonyl (C=O) groups excluding carboxylic acids is 1. The summed E-state index contributed by atoms with van der Waals surface area (Å²) >= 11 is 4.59. The van der Waals surface area contributed by atoms with Crippen LogP contribution >= 0.6 is 27.3 Å². The van der Waals surface area contributed by atoms with E-state index in [9.17, 15) is 14.9 Å². The molecule has 104 valence electrons. The molecule has 5 nitrogen and oxygen atoms in total. The van der Waals surface area contributed by atoms with Gasteiger partial charge in [-0.15, -0.1) is 11.3 Å². The van der Waals surface area contributed by atoms with Gasteiger partial charge in [0.05, 0.1) is 10.6 Å². The molecule has 0 bridgehead atoms. The van der Waals surface area contributed by atoms with E-state index in [2.05, 4.69) is 21.2 Å². The first-order valence-corrected chi connectivity index (χ1v) is 7.37. The molecule has 2 rings (SSSR count). The van der Waals surface area contributed by atoms with Crippen molar-refractivity contribution < 1.29 is 9.72 Å². The molecule has 0 radical (unpaired) electrons. The number of carbonyl (C=O) groups is 1. The van der Waals surface area contributed by atoms with Crippen LogP contribution in [-0.2, 0) is 0 Å². The lowest BCUT2D eigenvalue weighted by molar-refractivity contribution is -0.385. The average molecular weight is 355 g/mol. The molecule has 1 N–H and O–H groups in total. The number of rotatable bonds is 3. The second-order valence-corrected chi connectivity index (χ2v) is 6.03. The minimum absolute atomic E-state index is 0.00357. The van der Waals surface area contributed by atoms with Crippen LogP contribution in [0.3, 0.4) is 0 Å². The Morgan fingerprint density at radius 2 is 2.05 bits per heavy atom. The molecule has 0 spiro atoms. The maximum Gasteiger partial charge on any atom is 0.274 e. The second-order valence-electron chi connectivity index (χ2n) is 4.26. The summed E-state index contributed by atoms with van der Waals surface area (Å²) in [4.78, 5) is 23.1. The summed E-state index contributed by atoms with van der Waals surface area (Å²) in [6, 6.07) is 4.87. The molecule has 2 aromatic rings. The van der Waals surface area contributed by atoms with Gasteiger partial charge in [-0.1, -0.05) is 0 Å². The van der Waals surface area contributed by atoms with E-state index in [4.69, 9.17) is 0 Å². The van der Waals surface area contributed by atoms with E-state index < -0.39 is 4.92 Å². The van der Waals surface area contributed by atoms with Gasteiger partial charge in [-0.25, -0.2) is 0 Å². The Kier molecular flexibility index (Phi) is 4.20. The van der Waals surface area contributed by atoms with Crippen molar-refractivity contribution in [3.05, 3.63) is 54.2 Å². The van der Waals surface area contributed by atoms with Crippen molar-refractivity contribution in [2.24, 2.45) is 0 Å². The van der Waals surface area contributed by atoms with Gasteiger partial charge in [0, 0.05) is 16.1 Å². The van der Waals surface area contributed by atoms with E-state index in [1.165, 1.54) is 17.4 Å². The van der Waals surface area contributed by atoms with Crippen molar-refractivity contribution in [1.29, 1.82) is 0 Å². The molecule has 0 fully saturated rings. The number of aryl methyl sites for hydroxylation is 2. The Balaban J connectivity index is 2.34. The number of nitrogens with zero attached hydrogens (tertiary/aromatic N) is 1. The van der Waals surface area contributed by atoms with Gasteiger partial charge in [0.25, 0.3) is 11.6 Å². The quantitative estimate of drug-likeness (QED) is 0.660. The van der Waals surface area contributed by atoms with Gasteiger partial charge >= 0.3 is 0 Å². The number of hydrogen-bond donors (Lipinski definition) is 1. The average Bonchev–Trinajstić information content (AvgIpc) is 2.78. The Bertz CT molecular complexity index is 697. The maximum absolute atomic E-state index is 12.1. The number of thiophene rings is 1. The molecule has 0 saturated heterocycles. The zero-order valence-electron chi connectivity index (χ0n) is 10.8. The van der Waals surface area contributed by atoms with Crippen LogP contribution in [0.15, 0.2) is 28.1 Å². The second kappa shape index (κ2) is 5.72. The number of anilines is 1. The molecule has 0 aliphatic heterocycles. The molecule has 0 saturated carbocycles. The smallest absolute Gasteiger partial charge is 0.274 e. The predicted octanol–water partition coefficient (Wildman–Crippen LogP) is 4.29. The van der Waals surface area contributed by atoms with Gasteiger partial charge in [0.2, 0.25) is 0 Å². The molecule has 1 amide bonds. The van der Waals surface area contributed by atoms with Crippen molar-refractivity contribution >= 4 is 44.5 Å². The van der Waals surface area contributed by atoms with Gasteiger partial charge in [0.15, 0.2) is 0 Å². The number of hydrogen-bond acceptors (Lipinski definition) is 4. The number of nitro groups is 1. The van der Waals surface area contributed by atoms with Crippen LogP contribution in [0.2, 0.25) is 0 Å². The Labute approximate surface area is 127 Å². The molecule has 20 heavy (non-hydrogen) atoms. The van der Waals surface area contributed by atoms with Crippen LogP contribution < -0.4 is 5.32 Å². The van der Waals surface area contributed by atoms with Crippen LogP contribution in [0.5, 0.6) is 0 Å². The molecule has 0 unspecified atom stereocenters. The molecule has 1 heterocycles. The van der Waals surface area contributed by atoms with Crippen LogP contribution in [0.25, 0.3) is 0 Å². The Morgan fingerprint density at radius 1 is 1.35 bits per heavy atom. The minimum atomic E-state index is -0.453. The zero-order chi connectivity index (χ0) is 14.9. The fourth-order valence-electron chi connectivity index (χ4n) is 1.81. The summed E-state index contributed by atoms with van der Waals surface area (Å²) in [5.74, 6) is -0.284. The maximum atomic E-state index is 12.1. The first-order valence-electron chi connectivity index (χ1n) is 5.70. The standard InChI is InChI=1S/C13H11BrN2O3S/c1-7-5-8(2)11(16(18)19)6-10(7)15-13(17)12-9(14)3-4-20-12/h3-6H,1-2H3,(H,15,17). The highest BCUT2D eigenvalue weighted by atomic mass is 79.9. The van der Waals surface area contributed by atoms with E-state index >= 15 is 0 Å². The normalized spacial score (nSPS) is 10.3. The third-order valence-corrected chi connectivity index (χ3v) is 4.65. The number of nitrogens with one attached hydrogen (secondary N) is 1. The summed E-state index contributed by atoms with van der Waals surface area (Å²) in [7, 11) is 0. The van der Waals surface area contributed by atoms with Crippen molar-refractivity contribution in [3.8, 4) is 0 Å². The molecule has 1 aromatic heterocycles. The van der Waals surface area contributed by atoms with Crippen molar-refractivity contribution in [2.45, 2.75) is 13.8 Å². The lowest BCUT2D eigenvalue weighted by atomic mass is 10.1. The zero-order valence-corrected chi connectivity index (χ0v) is 13.2. The minimum Gasteiger partial charge on any atom is -0.321 e. The molecule has 0 aliphatic carbocycles. The van der Waals surface area contributed by atoms with Gasteiger partial charge in [-0.2, -0.15) is 0 Å². The molecular weight excluding hydrogens is 344 g/mol. The third kappa shape index (κ3) is 2.88.